The van der Waals surface area contributed by atoms with Crippen molar-refractivity contribution in [3.05, 3.63) is 28.2 Å². The predicted octanol–water partition coefficient (Wildman–Crippen LogP) is 3.87. The van der Waals surface area contributed by atoms with Gasteiger partial charge in [-0.25, -0.2) is 0 Å². The van der Waals surface area contributed by atoms with Gasteiger partial charge in [0.15, 0.2) is 6.61 Å². The van der Waals surface area contributed by atoms with Gasteiger partial charge in [0.05, 0.1) is 16.6 Å². The number of amides is 1. The summed E-state index contributed by atoms with van der Waals surface area (Å²) >= 11 is 11.8. The number of nitrogens with one attached hydrogen (secondary N) is 1. The van der Waals surface area contributed by atoms with E-state index in [0.29, 0.717) is 34.4 Å². The van der Waals surface area contributed by atoms with Gasteiger partial charge in [-0.3, -0.25) is 14.4 Å². The van der Waals surface area contributed by atoms with Gasteiger partial charge >= 0.3 is 5.97 Å². The summed E-state index contributed by atoms with van der Waals surface area (Å²) < 4.78 is 5.15. The topological polar surface area (TPSA) is 72.5 Å². The monoisotopic (exact) mass is 383 g/mol. The predicted molar refractivity (Wildman–Crippen MR) is 94.6 cm³/mol. The Morgan fingerprint density at radius 2 is 1.84 bits per heavy atom. The molecule has 1 N–H and O–H groups in total. The largest absolute Gasteiger partial charge is 0.455 e. The Bertz CT molecular complexity index is 690. The molecule has 2 aliphatic rings. The number of carbonyl (C=O) groups is 3. The fraction of sp³-hybridized carbons (Fsp3) is 0.500. The lowest BCUT2D eigenvalue weighted by Crippen LogP contribution is -2.40. The van der Waals surface area contributed by atoms with Crippen molar-refractivity contribution in [2.24, 2.45) is 17.8 Å². The van der Waals surface area contributed by atoms with Crippen molar-refractivity contribution in [2.75, 3.05) is 11.9 Å². The highest BCUT2D eigenvalue weighted by Crippen LogP contribution is 2.40. The van der Waals surface area contributed by atoms with Crippen molar-refractivity contribution in [1.82, 2.24) is 0 Å². The third kappa shape index (κ3) is 4.33. The van der Waals surface area contributed by atoms with Crippen LogP contribution < -0.4 is 5.32 Å². The maximum absolute atomic E-state index is 12.2. The fourth-order valence-electron chi connectivity index (χ4n) is 3.70. The van der Waals surface area contributed by atoms with Gasteiger partial charge in [0.25, 0.3) is 5.91 Å². The summed E-state index contributed by atoms with van der Waals surface area (Å²) in [5, 5.41) is 3.36. The van der Waals surface area contributed by atoms with E-state index in [1.807, 2.05) is 0 Å². The van der Waals surface area contributed by atoms with E-state index in [0.717, 1.165) is 19.3 Å². The minimum Gasteiger partial charge on any atom is -0.455 e. The number of ether oxygens (including phenoxy) is 1. The highest BCUT2D eigenvalue weighted by molar-refractivity contribution is 6.36. The number of benzene rings is 1. The van der Waals surface area contributed by atoms with Crippen LogP contribution in [0.3, 0.4) is 0 Å². The Morgan fingerprint density at radius 1 is 1.16 bits per heavy atom. The van der Waals surface area contributed by atoms with E-state index in [1.54, 1.807) is 12.1 Å². The van der Waals surface area contributed by atoms with Crippen molar-refractivity contribution in [3.8, 4) is 0 Å². The van der Waals surface area contributed by atoms with E-state index >= 15 is 0 Å². The molecule has 0 radical (unpaired) electrons. The molecule has 1 aromatic carbocycles. The first-order valence-corrected chi connectivity index (χ1v) is 9.15. The zero-order chi connectivity index (χ0) is 18.0. The molecule has 2 aliphatic carbocycles. The number of ketones is 1. The maximum atomic E-state index is 12.2. The standard InChI is InChI=1S/C18H19Cl2NO4/c19-13-4-5-15(14(20)8-13)21-16(22)9-25-18(24)12-6-10-2-1-3-11(7-12)17(10)23/h4-5,8,10-12H,1-3,6-7,9H2,(H,21,22)/t10-,11+,12?. The van der Waals surface area contributed by atoms with Crippen LogP contribution in [0.5, 0.6) is 0 Å². The molecule has 5 nitrogen and oxygen atoms in total. The number of hydrogen-bond donors (Lipinski definition) is 1. The zero-order valence-electron chi connectivity index (χ0n) is 13.6. The number of Topliss-reactive ketones (excluding diaryl/α,β-unsaturated/α-hetero) is 1. The van der Waals surface area contributed by atoms with Gasteiger partial charge in [-0.05, 0) is 43.9 Å². The molecular formula is C18H19Cl2NO4. The van der Waals surface area contributed by atoms with E-state index in [4.69, 9.17) is 27.9 Å². The van der Waals surface area contributed by atoms with Crippen LogP contribution in [0.1, 0.15) is 32.1 Å². The molecule has 0 aliphatic heterocycles. The van der Waals surface area contributed by atoms with Gasteiger partial charge < -0.3 is 10.1 Å². The quantitative estimate of drug-likeness (QED) is 0.800. The Morgan fingerprint density at radius 3 is 2.48 bits per heavy atom. The van der Waals surface area contributed by atoms with Crippen LogP contribution in [0, 0.1) is 17.8 Å². The molecule has 2 fully saturated rings. The van der Waals surface area contributed by atoms with Gasteiger partial charge in [0.1, 0.15) is 5.78 Å². The Balaban J connectivity index is 1.50. The van der Waals surface area contributed by atoms with Crippen molar-refractivity contribution in [1.29, 1.82) is 0 Å². The number of hydrogen-bond acceptors (Lipinski definition) is 4. The Kier molecular flexibility index (Phi) is 5.64. The minimum absolute atomic E-state index is 0.0215. The zero-order valence-corrected chi connectivity index (χ0v) is 15.1. The van der Waals surface area contributed by atoms with Gasteiger partial charge in [-0.2, -0.15) is 0 Å². The lowest BCUT2D eigenvalue weighted by molar-refractivity contribution is -0.155. The SMILES string of the molecule is O=C(COC(=O)C1C[C@H]2CCC[C@@H](C1)C2=O)Nc1ccc(Cl)cc1Cl. The van der Waals surface area contributed by atoms with E-state index in [2.05, 4.69) is 5.32 Å². The second kappa shape index (κ2) is 7.75. The van der Waals surface area contributed by atoms with Crippen LogP contribution in [-0.2, 0) is 19.1 Å². The number of anilines is 1. The minimum atomic E-state index is -0.468. The summed E-state index contributed by atoms with van der Waals surface area (Å²) in [4.78, 5) is 36.3. The van der Waals surface area contributed by atoms with Crippen LogP contribution in [0.2, 0.25) is 10.0 Å². The molecule has 0 spiro atoms. The summed E-state index contributed by atoms with van der Waals surface area (Å²) in [5.74, 6) is -0.907. The number of rotatable bonds is 4. The Labute approximate surface area is 156 Å². The van der Waals surface area contributed by atoms with Crippen LogP contribution in [0.25, 0.3) is 0 Å². The smallest absolute Gasteiger partial charge is 0.309 e. The maximum Gasteiger partial charge on any atom is 0.309 e. The van der Waals surface area contributed by atoms with Gasteiger partial charge in [-0.1, -0.05) is 29.6 Å². The van der Waals surface area contributed by atoms with Crippen LogP contribution in [0.4, 0.5) is 5.69 Å². The number of esters is 1. The van der Waals surface area contributed by atoms with E-state index < -0.39 is 11.9 Å². The highest BCUT2D eigenvalue weighted by atomic mass is 35.5. The number of fused-ring (bicyclic) bond motifs is 2. The average Bonchev–Trinajstić information content (AvgIpc) is 2.55. The molecule has 1 unspecified atom stereocenters. The summed E-state index contributed by atoms with van der Waals surface area (Å²) in [6, 6.07) is 4.70. The molecule has 0 saturated heterocycles. The molecule has 3 rings (SSSR count). The number of halogens is 2. The molecule has 134 valence electrons. The third-order valence-corrected chi connectivity index (χ3v) is 5.48. The first kappa shape index (κ1) is 18.2. The third-order valence-electron chi connectivity index (χ3n) is 4.93. The molecule has 2 bridgehead atoms. The fourth-order valence-corrected chi connectivity index (χ4v) is 4.16. The summed E-state index contributed by atoms with van der Waals surface area (Å²) in [6.45, 7) is -0.377. The molecule has 3 atom stereocenters. The first-order chi connectivity index (χ1) is 11.9. The molecule has 25 heavy (non-hydrogen) atoms. The molecule has 2 saturated carbocycles. The summed E-state index contributed by atoms with van der Waals surface area (Å²) in [5.41, 5.74) is 0.407. The van der Waals surface area contributed by atoms with E-state index in [1.165, 1.54) is 6.07 Å². The lowest BCUT2D eigenvalue weighted by atomic mass is 9.67. The van der Waals surface area contributed by atoms with Gasteiger partial charge in [-0.15, -0.1) is 0 Å². The van der Waals surface area contributed by atoms with Crippen LogP contribution >= 0.6 is 23.2 Å². The molecule has 1 amide bonds. The summed E-state index contributed by atoms with van der Waals surface area (Å²) in [6.07, 6.45) is 3.84. The second-order valence-electron chi connectivity index (χ2n) is 6.68. The lowest BCUT2D eigenvalue weighted by Gasteiger charge is -2.36. The van der Waals surface area contributed by atoms with Crippen LogP contribution in [0.15, 0.2) is 18.2 Å². The molecule has 0 aromatic heterocycles. The second-order valence-corrected chi connectivity index (χ2v) is 7.52. The molecular weight excluding hydrogens is 365 g/mol. The van der Waals surface area contributed by atoms with E-state index in [9.17, 15) is 14.4 Å². The molecule has 7 heteroatoms. The normalized spacial score (nSPS) is 25.4. The van der Waals surface area contributed by atoms with Crippen molar-refractivity contribution < 1.29 is 19.1 Å². The van der Waals surface area contributed by atoms with Crippen molar-refractivity contribution in [2.45, 2.75) is 32.1 Å². The number of carbonyl (C=O) groups excluding carboxylic acids is 3. The highest BCUT2D eigenvalue weighted by Gasteiger charge is 2.41. The Hall–Kier alpha value is -1.59. The van der Waals surface area contributed by atoms with Crippen LogP contribution in [-0.4, -0.2) is 24.3 Å². The first-order valence-electron chi connectivity index (χ1n) is 8.39. The van der Waals surface area contributed by atoms with Crippen molar-refractivity contribution in [3.63, 3.8) is 0 Å². The van der Waals surface area contributed by atoms with E-state index in [-0.39, 0.29) is 24.4 Å². The molecule has 0 heterocycles. The van der Waals surface area contributed by atoms with Gasteiger partial charge in [0.2, 0.25) is 0 Å². The van der Waals surface area contributed by atoms with Gasteiger partial charge in [0, 0.05) is 16.9 Å². The average molecular weight is 384 g/mol. The summed E-state index contributed by atoms with van der Waals surface area (Å²) in [7, 11) is 0. The molecule has 1 aromatic rings. The van der Waals surface area contributed by atoms with Crippen molar-refractivity contribution >= 4 is 46.5 Å².